The number of amides is 2. The third-order valence-electron chi connectivity index (χ3n) is 3.85. The highest BCUT2D eigenvalue weighted by Crippen LogP contribution is 2.38. The number of anilines is 2. The number of fused-ring (bicyclic) bond motifs is 1. The van der Waals surface area contributed by atoms with E-state index in [2.05, 4.69) is 10.6 Å². The smallest absolute Gasteiger partial charge is 0.271 e. The molecule has 2 unspecified atom stereocenters. The van der Waals surface area contributed by atoms with Crippen molar-refractivity contribution in [2.75, 3.05) is 10.6 Å². The molecule has 0 saturated heterocycles. The quantitative estimate of drug-likeness (QED) is 0.646. The van der Waals surface area contributed by atoms with Gasteiger partial charge in [-0.05, 0) is 18.2 Å². The van der Waals surface area contributed by atoms with Gasteiger partial charge in [0.2, 0.25) is 11.8 Å². The number of thioether (sulfide) groups is 1. The summed E-state index contributed by atoms with van der Waals surface area (Å²) < 4.78 is 0. The van der Waals surface area contributed by atoms with E-state index < -0.39 is 16.1 Å². The largest absolute Gasteiger partial charge is 0.326 e. The van der Waals surface area contributed by atoms with Crippen LogP contribution in [0.3, 0.4) is 0 Å². The predicted octanol–water partition coefficient (Wildman–Crippen LogP) is 3.28. The van der Waals surface area contributed by atoms with E-state index in [-0.39, 0.29) is 17.5 Å². The highest BCUT2D eigenvalue weighted by Gasteiger charge is 2.35. The third-order valence-corrected chi connectivity index (χ3v) is 5.34. The van der Waals surface area contributed by atoms with Gasteiger partial charge in [0.05, 0.1) is 21.8 Å². The lowest BCUT2D eigenvalue weighted by atomic mass is 10.1. The number of hydrogen-bond acceptors (Lipinski definition) is 5. The van der Waals surface area contributed by atoms with E-state index in [9.17, 15) is 19.7 Å². The van der Waals surface area contributed by atoms with Crippen molar-refractivity contribution in [1.82, 2.24) is 0 Å². The minimum absolute atomic E-state index is 0.107. The van der Waals surface area contributed by atoms with Crippen LogP contribution in [0.2, 0.25) is 0 Å². The maximum absolute atomic E-state index is 12.5. The second-order valence-electron chi connectivity index (χ2n) is 5.61. The molecule has 1 aliphatic rings. The zero-order chi connectivity index (χ0) is 18.0. The van der Waals surface area contributed by atoms with Crippen LogP contribution in [0, 0.1) is 16.0 Å². The summed E-state index contributed by atoms with van der Waals surface area (Å²) in [5.74, 6) is -1.21. The van der Waals surface area contributed by atoms with E-state index in [1.54, 1.807) is 13.0 Å². The number of para-hydroxylation sites is 1. The molecule has 7 nitrogen and oxygen atoms in total. The van der Waals surface area contributed by atoms with E-state index in [1.165, 1.54) is 30.0 Å². The Hall–Kier alpha value is -2.87. The number of nitro groups is 1. The Balaban J connectivity index is 1.73. The normalized spacial score (nSPS) is 17.2. The summed E-state index contributed by atoms with van der Waals surface area (Å²) in [5.41, 5.74) is 0.955. The molecule has 0 aromatic heterocycles. The molecular weight excluding hydrogens is 342 g/mol. The van der Waals surface area contributed by atoms with Gasteiger partial charge in [0.15, 0.2) is 0 Å². The van der Waals surface area contributed by atoms with Crippen molar-refractivity contribution in [1.29, 1.82) is 0 Å². The molecule has 25 heavy (non-hydrogen) atoms. The standard InChI is InChI=1S/C17H15N3O4S/c1-10(15-17(22)19-13-7-2-3-8-14(13)25-15)16(21)18-11-5-4-6-12(9-11)20(23)24/h2-10,15H,1H3,(H,18,21)(H,19,22). The highest BCUT2D eigenvalue weighted by molar-refractivity contribution is 8.01. The first-order chi connectivity index (χ1) is 12.0. The minimum Gasteiger partial charge on any atom is -0.326 e. The number of carbonyl (C=O) groups is 2. The van der Waals surface area contributed by atoms with E-state index >= 15 is 0 Å². The SMILES string of the molecule is CC(C(=O)Nc1cccc([N+](=O)[O-])c1)C1Sc2ccccc2NC1=O. The summed E-state index contributed by atoms with van der Waals surface area (Å²) in [6.45, 7) is 1.66. The summed E-state index contributed by atoms with van der Waals surface area (Å²) in [6.07, 6.45) is 0. The summed E-state index contributed by atoms with van der Waals surface area (Å²) in [7, 11) is 0. The fourth-order valence-corrected chi connectivity index (χ4v) is 3.66. The van der Waals surface area contributed by atoms with Crippen LogP contribution in [0.25, 0.3) is 0 Å². The molecule has 0 bridgehead atoms. The first kappa shape index (κ1) is 17.0. The molecule has 128 valence electrons. The zero-order valence-electron chi connectivity index (χ0n) is 13.3. The highest BCUT2D eigenvalue weighted by atomic mass is 32.2. The number of carbonyl (C=O) groups excluding carboxylic acids is 2. The maximum atomic E-state index is 12.5. The molecule has 0 spiro atoms. The molecule has 1 aliphatic heterocycles. The average molecular weight is 357 g/mol. The predicted molar refractivity (Wildman–Crippen MR) is 95.6 cm³/mol. The summed E-state index contributed by atoms with van der Waals surface area (Å²) >= 11 is 1.34. The summed E-state index contributed by atoms with van der Waals surface area (Å²) in [6, 6.07) is 13.1. The first-order valence-electron chi connectivity index (χ1n) is 7.57. The van der Waals surface area contributed by atoms with Crippen LogP contribution in [-0.4, -0.2) is 22.0 Å². The van der Waals surface area contributed by atoms with Gasteiger partial charge in [-0.2, -0.15) is 0 Å². The molecule has 2 atom stereocenters. The Morgan fingerprint density at radius 1 is 1.28 bits per heavy atom. The molecule has 8 heteroatoms. The second-order valence-corrected chi connectivity index (χ2v) is 6.79. The third kappa shape index (κ3) is 3.63. The van der Waals surface area contributed by atoms with Crippen molar-refractivity contribution in [2.24, 2.45) is 5.92 Å². The van der Waals surface area contributed by atoms with Gasteiger partial charge in [0, 0.05) is 22.7 Å². The lowest BCUT2D eigenvalue weighted by Crippen LogP contribution is -2.39. The Labute approximate surface area is 148 Å². The van der Waals surface area contributed by atoms with Crippen LogP contribution in [0.4, 0.5) is 17.1 Å². The molecule has 0 radical (unpaired) electrons. The Kier molecular flexibility index (Phi) is 4.71. The second kappa shape index (κ2) is 6.94. The van der Waals surface area contributed by atoms with Crippen molar-refractivity contribution in [3.05, 3.63) is 58.6 Å². The van der Waals surface area contributed by atoms with Crippen LogP contribution in [0.5, 0.6) is 0 Å². The zero-order valence-corrected chi connectivity index (χ0v) is 14.1. The van der Waals surface area contributed by atoms with Crippen molar-refractivity contribution < 1.29 is 14.5 Å². The van der Waals surface area contributed by atoms with E-state index in [1.807, 2.05) is 24.3 Å². The molecule has 2 aromatic rings. The fourth-order valence-electron chi connectivity index (χ4n) is 2.49. The Bertz CT molecular complexity index is 855. The van der Waals surface area contributed by atoms with E-state index in [0.29, 0.717) is 5.69 Å². The molecule has 2 aromatic carbocycles. The van der Waals surface area contributed by atoms with Crippen LogP contribution in [0.15, 0.2) is 53.4 Å². The van der Waals surface area contributed by atoms with Crippen molar-refractivity contribution in [3.63, 3.8) is 0 Å². The molecule has 2 amide bonds. The number of benzene rings is 2. The van der Waals surface area contributed by atoms with Gasteiger partial charge >= 0.3 is 0 Å². The number of hydrogen-bond donors (Lipinski definition) is 2. The van der Waals surface area contributed by atoms with Gasteiger partial charge in [-0.3, -0.25) is 19.7 Å². The molecule has 0 fully saturated rings. The van der Waals surface area contributed by atoms with Gasteiger partial charge in [-0.25, -0.2) is 0 Å². The van der Waals surface area contributed by atoms with Crippen LogP contribution in [0.1, 0.15) is 6.92 Å². The van der Waals surface area contributed by atoms with Crippen molar-refractivity contribution in [2.45, 2.75) is 17.1 Å². The molecule has 2 N–H and O–H groups in total. The van der Waals surface area contributed by atoms with Crippen LogP contribution < -0.4 is 10.6 Å². The first-order valence-corrected chi connectivity index (χ1v) is 8.45. The topological polar surface area (TPSA) is 101 Å². The molecular formula is C17H15N3O4S. The van der Waals surface area contributed by atoms with Gasteiger partial charge in [0.1, 0.15) is 0 Å². The molecule has 0 aliphatic carbocycles. The summed E-state index contributed by atoms with van der Waals surface area (Å²) in [5, 5.41) is 15.7. The van der Waals surface area contributed by atoms with Gasteiger partial charge in [-0.15, -0.1) is 11.8 Å². The van der Waals surface area contributed by atoms with E-state index in [0.717, 1.165) is 10.6 Å². The number of nitro benzene ring substituents is 1. The lowest BCUT2D eigenvalue weighted by Gasteiger charge is -2.27. The summed E-state index contributed by atoms with van der Waals surface area (Å²) in [4.78, 5) is 36.0. The van der Waals surface area contributed by atoms with Gasteiger partial charge in [-0.1, -0.05) is 25.1 Å². The average Bonchev–Trinajstić information content (AvgIpc) is 2.60. The van der Waals surface area contributed by atoms with Crippen LogP contribution in [-0.2, 0) is 9.59 Å². The number of nitrogens with one attached hydrogen (secondary N) is 2. The fraction of sp³-hybridized carbons (Fsp3) is 0.176. The van der Waals surface area contributed by atoms with Gasteiger partial charge in [0.25, 0.3) is 5.69 Å². The van der Waals surface area contributed by atoms with Crippen molar-refractivity contribution in [3.8, 4) is 0 Å². The molecule has 1 heterocycles. The Morgan fingerprint density at radius 3 is 2.80 bits per heavy atom. The maximum Gasteiger partial charge on any atom is 0.271 e. The molecule has 3 rings (SSSR count). The number of nitrogens with zero attached hydrogens (tertiary/aromatic N) is 1. The van der Waals surface area contributed by atoms with Crippen LogP contribution >= 0.6 is 11.8 Å². The molecule has 0 saturated carbocycles. The Morgan fingerprint density at radius 2 is 2.04 bits per heavy atom. The minimum atomic E-state index is -0.613. The number of rotatable bonds is 4. The van der Waals surface area contributed by atoms with Crippen molar-refractivity contribution >= 4 is 40.6 Å². The number of non-ortho nitro benzene ring substituents is 1. The van der Waals surface area contributed by atoms with Gasteiger partial charge < -0.3 is 10.6 Å². The van der Waals surface area contributed by atoms with E-state index in [4.69, 9.17) is 0 Å². The monoisotopic (exact) mass is 357 g/mol. The lowest BCUT2D eigenvalue weighted by molar-refractivity contribution is -0.384.